The molecule has 1 aliphatic carbocycles. The van der Waals surface area contributed by atoms with Crippen molar-refractivity contribution in [3.05, 3.63) is 22.4 Å². The van der Waals surface area contributed by atoms with Gasteiger partial charge in [-0.2, -0.15) is 0 Å². The Morgan fingerprint density at radius 2 is 1.86 bits per heavy atom. The molecule has 2 heterocycles. The number of amides is 2. The maximum atomic E-state index is 12.6. The maximum Gasteiger partial charge on any atom is 0.264 e. The van der Waals surface area contributed by atoms with Crippen LogP contribution in [0.1, 0.15) is 28.9 Å². The van der Waals surface area contributed by atoms with Gasteiger partial charge in [-0.15, -0.1) is 11.3 Å². The van der Waals surface area contributed by atoms with Gasteiger partial charge in [-0.05, 0) is 24.3 Å². The van der Waals surface area contributed by atoms with E-state index in [9.17, 15) is 9.59 Å². The summed E-state index contributed by atoms with van der Waals surface area (Å²) >= 11 is 1.46. The van der Waals surface area contributed by atoms with Crippen LogP contribution in [0.2, 0.25) is 0 Å². The molecule has 2 aliphatic rings. The van der Waals surface area contributed by atoms with E-state index in [1.165, 1.54) is 11.3 Å². The average molecular weight is 307 g/mol. The van der Waals surface area contributed by atoms with Crippen molar-refractivity contribution in [2.24, 2.45) is 11.1 Å². The van der Waals surface area contributed by atoms with E-state index in [0.717, 1.165) is 24.1 Å². The molecule has 0 unspecified atom stereocenters. The fourth-order valence-corrected chi connectivity index (χ4v) is 3.80. The smallest absolute Gasteiger partial charge is 0.264 e. The van der Waals surface area contributed by atoms with E-state index in [4.69, 9.17) is 5.73 Å². The normalized spacial score (nSPS) is 21.0. The van der Waals surface area contributed by atoms with Crippen molar-refractivity contribution < 1.29 is 9.59 Å². The van der Waals surface area contributed by atoms with Crippen LogP contribution in [0.5, 0.6) is 0 Å². The van der Waals surface area contributed by atoms with Crippen molar-refractivity contribution in [1.29, 1.82) is 0 Å². The van der Waals surface area contributed by atoms with E-state index in [2.05, 4.69) is 0 Å². The molecular weight excluding hydrogens is 286 g/mol. The highest BCUT2D eigenvalue weighted by atomic mass is 32.1. The molecule has 5 nitrogen and oxygen atoms in total. The quantitative estimate of drug-likeness (QED) is 0.911. The Bertz CT molecular complexity index is 512. The molecule has 2 fully saturated rings. The van der Waals surface area contributed by atoms with Gasteiger partial charge in [-0.3, -0.25) is 9.59 Å². The predicted octanol–water partition coefficient (Wildman–Crippen LogP) is 1.16. The number of nitrogens with zero attached hydrogens (tertiary/aromatic N) is 2. The first kappa shape index (κ1) is 14.5. The Balaban J connectivity index is 1.58. The standard InChI is InChI=1S/C15H21N3O2S/c16-11-15(4-2-5-15)14(20)18-8-6-17(7-9-18)13(19)12-3-1-10-21-12/h1,3,10H,2,4-9,11,16H2. The van der Waals surface area contributed by atoms with Gasteiger partial charge in [-0.1, -0.05) is 12.5 Å². The Kier molecular flexibility index (Phi) is 3.99. The van der Waals surface area contributed by atoms with E-state index in [0.29, 0.717) is 32.7 Å². The van der Waals surface area contributed by atoms with Gasteiger partial charge in [0, 0.05) is 32.7 Å². The number of carbonyl (C=O) groups excluding carboxylic acids is 2. The molecular formula is C15H21N3O2S. The van der Waals surface area contributed by atoms with Crippen LogP contribution in [0.3, 0.4) is 0 Å². The highest BCUT2D eigenvalue weighted by Gasteiger charge is 2.45. The molecule has 0 spiro atoms. The first-order valence-electron chi connectivity index (χ1n) is 7.48. The minimum Gasteiger partial charge on any atom is -0.339 e. The minimum absolute atomic E-state index is 0.0780. The van der Waals surface area contributed by atoms with Crippen LogP contribution in [-0.2, 0) is 4.79 Å². The molecule has 0 aromatic carbocycles. The summed E-state index contributed by atoms with van der Waals surface area (Å²) in [5.74, 6) is 0.272. The molecule has 0 atom stereocenters. The molecule has 114 valence electrons. The predicted molar refractivity (Wildman–Crippen MR) is 82.1 cm³/mol. The van der Waals surface area contributed by atoms with E-state index in [1.54, 1.807) is 0 Å². The van der Waals surface area contributed by atoms with Crippen LogP contribution in [0, 0.1) is 5.41 Å². The molecule has 2 N–H and O–H groups in total. The van der Waals surface area contributed by atoms with Gasteiger partial charge in [0.25, 0.3) is 5.91 Å². The van der Waals surface area contributed by atoms with Crippen LogP contribution in [-0.4, -0.2) is 54.3 Å². The second-order valence-electron chi connectivity index (χ2n) is 5.90. The largest absolute Gasteiger partial charge is 0.339 e. The highest BCUT2D eigenvalue weighted by Crippen LogP contribution is 2.41. The van der Waals surface area contributed by atoms with Crippen LogP contribution >= 0.6 is 11.3 Å². The van der Waals surface area contributed by atoms with E-state index < -0.39 is 0 Å². The summed E-state index contributed by atoms with van der Waals surface area (Å²) < 4.78 is 0. The number of thiophene rings is 1. The number of nitrogens with two attached hydrogens (primary N) is 1. The first-order chi connectivity index (χ1) is 10.2. The lowest BCUT2D eigenvalue weighted by Crippen LogP contribution is -2.57. The molecule has 3 rings (SSSR count). The zero-order chi connectivity index (χ0) is 14.9. The molecule has 1 aromatic heterocycles. The first-order valence-corrected chi connectivity index (χ1v) is 8.36. The van der Waals surface area contributed by atoms with Crippen LogP contribution in [0.4, 0.5) is 0 Å². The van der Waals surface area contributed by atoms with Crippen LogP contribution < -0.4 is 5.73 Å². The average Bonchev–Trinajstić information content (AvgIpc) is 3.00. The number of rotatable bonds is 3. The lowest BCUT2D eigenvalue weighted by molar-refractivity contribution is -0.148. The van der Waals surface area contributed by atoms with Crippen LogP contribution in [0.15, 0.2) is 17.5 Å². The maximum absolute atomic E-state index is 12.6. The summed E-state index contributed by atoms with van der Waals surface area (Å²) in [6.45, 7) is 2.92. The van der Waals surface area contributed by atoms with Gasteiger partial charge in [-0.25, -0.2) is 0 Å². The van der Waals surface area contributed by atoms with Crippen molar-refractivity contribution in [3.63, 3.8) is 0 Å². The number of hydrogen-bond donors (Lipinski definition) is 1. The third-order valence-electron chi connectivity index (χ3n) is 4.74. The molecule has 1 saturated heterocycles. The molecule has 1 aliphatic heterocycles. The van der Waals surface area contributed by atoms with Crippen molar-refractivity contribution in [2.75, 3.05) is 32.7 Å². The Morgan fingerprint density at radius 3 is 2.33 bits per heavy atom. The summed E-state index contributed by atoms with van der Waals surface area (Å²) in [4.78, 5) is 29.4. The Hall–Kier alpha value is -1.40. The number of hydrogen-bond acceptors (Lipinski definition) is 4. The highest BCUT2D eigenvalue weighted by molar-refractivity contribution is 7.12. The lowest BCUT2D eigenvalue weighted by Gasteiger charge is -2.45. The zero-order valence-electron chi connectivity index (χ0n) is 12.1. The second kappa shape index (κ2) is 5.77. The molecule has 0 radical (unpaired) electrons. The van der Waals surface area contributed by atoms with Crippen molar-refractivity contribution in [2.45, 2.75) is 19.3 Å². The van der Waals surface area contributed by atoms with Gasteiger partial charge in [0.2, 0.25) is 5.91 Å². The molecule has 21 heavy (non-hydrogen) atoms. The Labute approximate surface area is 128 Å². The molecule has 2 amide bonds. The molecule has 1 saturated carbocycles. The van der Waals surface area contributed by atoms with Gasteiger partial charge < -0.3 is 15.5 Å². The van der Waals surface area contributed by atoms with Crippen molar-refractivity contribution in [1.82, 2.24) is 9.80 Å². The van der Waals surface area contributed by atoms with E-state index in [-0.39, 0.29) is 17.2 Å². The van der Waals surface area contributed by atoms with E-state index in [1.807, 2.05) is 27.3 Å². The lowest BCUT2D eigenvalue weighted by atomic mass is 9.67. The fraction of sp³-hybridized carbons (Fsp3) is 0.600. The summed E-state index contributed by atoms with van der Waals surface area (Å²) in [5, 5.41) is 1.91. The van der Waals surface area contributed by atoms with Crippen LogP contribution in [0.25, 0.3) is 0 Å². The summed E-state index contributed by atoms with van der Waals surface area (Å²) in [7, 11) is 0. The zero-order valence-corrected chi connectivity index (χ0v) is 12.9. The number of piperazine rings is 1. The van der Waals surface area contributed by atoms with E-state index >= 15 is 0 Å². The third-order valence-corrected chi connectivity index (χ3v) is 5.60. The van der Waals surface area contributed by atoms with Gasteiger partial charge in [0.15, 0.2) is 0 Å². The summed E-state index contributed by atoms with van der Waals surface area (Å²) in [6, 6.07) is 3.74. The summed E-state index contributed by atoms with van der Waals surface area (Å²) in [5.41, 5.74) is 5.50. The molecule has 6 heteroatoms. The third kappa shape index (κ3) is 2.58. The topological polar surface area (TPSA) is 66.6 Å². The summed E-state index contributed by atoms with van der Waals surface area (Å²) in [6.07, 6.45) is 2.92. The van der Waals surface area contributed by atoms with Crippen molar-refractivity contribution in [3.8, 4) is 0 Å². The molecule has 1 aromatic rings. The fourth-order valence-electron chi connectivity index (χ4n) is 3.11. The van der Waals surface area contributed by atoms with Crippen molar-refractivity contribution >= 4 is 23.2 Å². The number of carbonyl (C=O) groups is 2. The monoisotopic (exact) mass is 307 g/mol. The molecule has 0 bridgehead atoms. The van der Waals surface area contributed by atoms with Gasteiger partial charge >= 0.3 is 0 Å². The van der Waals surface area contributed by atoms with Gasteiger partial charge in [0.05, 0.1) is 10.3 Å². The van der Waals surface area contributed by atoms with Gasteiger partial charge in [0.1, 0.15) is 0 Å². The second-order valence-corrected chi connectivity index (χ2v) is 6.85. The minimum atomic E-state index is -0.306. The SMILES string of the molecule is NCC1(C(=O)N2CCN(C(=O)c3cccs3)CC2)CCC1. The Morgan fingerprint density at radius 1 is 1.19 bits per heavy atom.